The standard InChI is InChI=1S/C39H44N4/c1-9-12-16-33(31-18-17-29-14-13-15-30(29)22-31)36-26(7)37(41-27(36)8)39-38-35(43-39)20-19-34(42-38)28(10-2)23-32(11-3)40-25(6)21-24(4)5/h9-12,16-20,22-24,40-41H,3,6,13-15,21H2,1-2,4-5,7-8H3/b12-9-,28-10+,32-23+,33-16-. The van der Waals surface area contributed by atoms with Gasteiger partial charge in [0.25, 0.3) is 0 Å². The van der Waals surface area contributed by atoms with E-state index in [9.17, 15) is 0 Å². The number of benzene rings is 1. The molecule has 0 bridgehead atoms. The zero-order valence-electron chi connectivity index (χ0n) is 26.6. The number of allylic oxidation sites excluding steroid dienone is 8. The van der Waals surface area contributed by atoms with Crippen LogP contribution in [0, 0.1) is 19.8 Å². The number of aromatic amines is 1. The van der Waals surface area contributed by atoms with Crippen molar-refractivity contribution in [2.24, 2.45) is 10.9 Å². The summed E-state index contributed by atoms with van der Waals surface area (Å²) in [6.07, 6.45) is 17.0. The first-order valence-electron chi connectivity index (χ1n) is 15.4. The van der Waals surface area contributed by atoms with Gasteiger partial charge in [-0.2, -0.15) is 0 Å². The smallest absolute Gasteiger partial charge is 0.117 e. The van der Waals surface area contributed by atoms with Crippen LogP contribution in [-0.2, 0) is 12.8 Å². The molecule has 2 N–H and O–H groups in total. The van der Waals surface area contributed by atoms with Crippen LogP contribution in [0.15, 0.2) is 96.3 Å². The maximum absolute atomic E-state index is 5.10. The van der Waals surface area contributed by atoms with E-state index in [0.717, 1.165) is 56.9 Å². The highest BCUT2D eigenvalue weighted by Crippen LogP contribution is 2.35. The molecule has 2 aliphatic rings. The molecule has 3 aromatic rings. The predicted octanol–water partition coefficient (Wildman–Crippen LogP) is 7.94. The lowest BCUT2D eigenvalue weighted by Gasteiger charge is -2.14. The fourth-order valence-electron chi connectivity index (χ4n) is 6.19. The van der Waals surface area contributed by atoms with Crippen LogP contribution >= 0.6 is 0 Å². The second-order valence-electron chi connectivity index (χ2n) is 12.0. The lowest BCUT2D eigenvalue weighted by atomic mass is 9.92. The lowest BCUT2D eigenvalue weighted by molar-refractivity contribution is 0.622. The van der Waals surface area contributed by atoms with Crippen molar-refractivity contribution in [3.05, 3.63) is 147 Å². The minimum Gasteiger partial charge on any atom is -0.359 e. The van der Waals surface area contributed by atoms with Crippen molar-refractivity contribution in [1.82, 2.24) is 15.3 Å². The molecule has 0 saturated carbocycles. The first-order valence-corrected chi connectivity index (χ1v) is 15.4. The second kappa shape index (κ2) is 12.8. The molecule has 1 aliphatic heterocycles. The summed E-state index contributed by atoms with van der Waals surface area (Å²) in [7, 11) is 0. The third kappa shape index (κ3) is 6.19. The van der Waals surface area contributed by atoms with Crippen molar-refractivity contribution in [3.63, 3.8) is 0 Å². The third-order valence-electron chi connectivity index (χ3n) is 8.25. The Kier molecular flexibility index (Phi) is 8.96. The van der Waals surface area contributed by atoms with Crippen molar-refractivity contribution in [3.8, 4) is 0 Å². The average Bonchev–Trinajstić information content (AvgIpc) is 3.55. The molecule has 5 rings (SSSR count). The van der Waals surface area contributed by atoms with Gasteiger partial charge in [0.2, 0.25) is 0 Å². The number of nitrogens with zero attached hydrogens (tertiary/aromatic N) is 2. The summed E-state index contributed by atoms with van der Waals surface area (Å²) < 4.78 is 0. The highest BCUT2D eigenvalue weighted by molar-refractivity contribution is 5.87. The van der Waals surface area contributed by atoms with Crippen molar-refractivity contribution < 1.29 is 0 Å². The van der Waals surface area contributed by atoms with Gasteiger partial charge in [0.1, 0.15) is 11.0 Å². The third-order valence-corrected chi connectivity index (χ3v) is 8.25. The highest BCUT2D eigenvalue weighted by Gasteiger charge is 2.23. The van der Waals surface area contributed by atoms with Crippen LogP contribution in [0.1, 0.15) is 85.4 Å². The maximum atomic E-state index is 5.10. The Balaban J connectivity index is 1.53. The van der Waals surface area contributed by atoms with Gasteiger partial charge in [-0.1, -0.05) is 69.5 Å². The monoisotopic (exact) mass is 568 g/mol. The predicted molar refractivity (Wildman–Crippen MR) is 182 cm³/mol. The fourth-order valence-corrected chi connectivity index (χ4v) is 6.19. The quantitative estimate of drug-likeness (QED) is 0.231. The fraction of sp³-hybridized carbons (Fsp3) is 0.282. The molecule has 0 unspecified atom stereocenters. The molecule has 4 nitrogen and oxygen atoms in total. The molecule has 0 radical (unpaired) electrons. The molecule has 220 valence electrons. The van der Waals surface area contributed by atoms with Gasteiger partial charge in [-0.25, -0.2) is 9.98 Å². The van der Waals surface area contributed by atoms with E-state index in [2.05, 4.69) is 113 Å². The average molecular weight is 569 g/mol. The number of aryl methyl sites for hydroxylation is 3. The van der Waals surface area contributed by atoms with E-state index in [1.165, 1.54) is 52.7 Å². The Labute approximate surface area is 256 Å². The van der Waals surface area contributed by atoms with Gasteiger partial charge in [-0.15, -0.1) is 0 Å². The summed E-state index contributed by atoms with van der Waals surface area (Å²) in [6, 6.07) is 11.1. The Bertz CT molecular complexity index is 1840. The molecule has 4 heteroatoms. The van der Waals surface area contributed by atoms with Gasteiger partial charge >= 0.3 is 0 Å². The molecule has 3 heterocycles. The zero-order chi connectivity index (χ0) is 30.7. The van der Waals surface area contributed by atoms with Gasteiger partial charge in [0.15, 0.2) is 0 Å². The van der Waals surface area contributed by atoms with Crippen LogP contribution < -0.4 is 16.0 Å². The number of fused-ring (bicyclic) bond motifs is 2. The second-order valence-corrected chi connectivity index (χ2v) is 12.0. The number of rotatable bonds is 11. The van der Waals surface area contributed by atoms with E-state index >= 15 is 0 Å². The van der Waals surface area contributed by atoms with E-state index in [1.54, 1.807) is 0 Å². The molecule has 43 heavy (non-hydrogen) atoms. The topological polar surface area (TPSA) is 53.1 Å². The highest BCUT2D eigenvalue weighted by atomic mass is 14.9. The zero-order valence-corrected chi connectivity index (χ0v) is 26.6. The Morgan fingerprint density at radius 3 is 2.60 bits per heavy atom. The molecule has 2 aromatic heterocycles. The molecule has 0 saturated heterocycles. The first kappa shape index (κ1) is 30.0. The molecular weight excluding hydrogens is 524 g/mol. The number of H-pyrrole nitrogens is 1. The van der Waals surface area contributed by atoms with Crippen LogP contribution in [0.2, 0.25) is 0 Å². The van der Waals surface area contributed by atoms with Crippen molar-refractivity contribution in [1.29, 1.82) is 0 Å². The first-order chi connectivity index (χ1) is 20.7. The van der Waals surface area contributed by atoms with Crippen LogP contribution in [0.4, 0.5) is 0 Å². The largest absolute Gasteiger partial charge is 0.359 e. The molecule has 0 fully saturated rings. The summed E-state index contributed by atoms with van der Waals surface area (Å²) in [4.78, 5) is 13.7. The van der Waals surface area contributed by atoms with Crippen LogP contribution in [0.25, 0.3) is 16.8 Å². The van der Waals surface area contributed by atoms with Crippen molar-refractivity contribution in [2.45, 2.75) is 67.2 Å². The Hall–Kier alpha value is -4.44. The van der Waals surface area contributed by atoms with E-state index < -0.39 is 0 Å². The minimum absolute atomic E-state index is 0.531. The number of pyridine rings is 1. The number of hydrogen-bond donors (Lipinski definition) is 2. The molecular formula is C39H44N4. The van der Waals surface area contributed by atoms with Crippen molar-refractivity contribution >= 4 is 16.8 Å². The van der Waals surface area contributed by atoms with Gasteiger partial charge in [-0.05, 0) is 117 Å². The molecule has 1 aliphatic carbocycles. The molecule has 0 amide bonds. The van der Waals surface area contributed by atoms with Crippen LogP contribution in [-0.4, -0.2) is 9.97 Å². The number of aromatic nitrogens is 2. The van der Waals surface area contributed by atoms with E-state index in [-0.39, 0.29) is 0 Å². The summed E-state index contributed by atoms with van der Waals surface area (Å²) in [5.41, 5.74) is 14.8. The summed E-state index contributed by atoms with van der Waals surface area (Å²) in [6.45, 7) is 21.0. The van der Waals surface area contributed by atoms with Gasteiger partial charge < -0.3 is 10.3 Å². The summed E-state index contributed by atoms with van der Waals surface area (Å²) in [5.74, 6) is 0.531. The Morgan fingerprint density at radius 2 is 1.88 bits per heavy atom. The maximum Gasteiger partial charge on any atom is 0.117 e. The van der Waals surface area contributed by atoms with Gasteiger partial charge in [0.05, 0.1) is 16.7 Å². The van der Waals surface area contributed by atoms with Crippen LogP contribution in [0.3, 0.4) is 0 Å². The molecule has 0 atom stereocenters. The van der Waals surface area contributed by atoms with E-state index in [0.29, 0.717) is 5.92 Å². The van der Waals surface area contributed by atoms with E-state index in [4.69, 9.17) is 9.98 Å². The Morgan fingerprint density at radius 1 is 1.09 bits per heavy atom. The van der Waals surface area contributed by atoms with Gasteiger partial charge in [0, 0.05) is 22.7 Å². The summed E-state index contributed by atoms with van der Waals surface area (Å²) in [5, 5.41) is 5.26. The number of hydrogen-bond acceptors (Lipinski definition) is 3. The molecule has 0 spiro atoms. The minimum atomic E-state index is 0.531. The van der Waals surface area contributed by atoms with Crippen LogP contribution in [0.5, 0.6) is 0 Å². The van der Waals surface area contributed by atoms with E-state index in [1.807, 2.05) is 19.1 Å². The summed E-state index contributed by atoms with van der Waals surface area (Å²) >= 11 is 0. The number of nitrogens with one attached hydrogen (secondary N) is 2. The SMILES string of the molecule is C=C/C(=C\C(=C/C)c1ccc2c(n1)=C(c1[nH]c(C)c(/C(=C\C=C/C)c3ccc4c(c3)CCC4)c1C)N=2)NC(=C)CC(C)C. The lowest BCUT2D eigenvalue weighted by Crippen LogP contribution is -2.39. The molecule has 1 aromatic carbocycles. The van der Waals surface area contributed by atoms with Gasteiger partial charge in [-0.3, -0.25) is 0 Å². The van der Waals surface area contributed by atoms with Crippen molar-refractivity contribution in [2.75, 3.05) is 0 Å². The normalized spacial score (nSPS) is 15.0.